The monoisotopic (exact) mass is 1300 g/mol. The zero-order valence-corrected chi connectivity index (χ0v) is 55.7. The molecule has 24 nitrogen and oxygen atoms in total. The number of rotatable bonds is 30. The smallest absolute Gasteiger partial charge is 0.246 e. The van der Waals surface area contributed by atoms with Gasteiger partial charge in [0.15, 0.2) is 0 Å². The fourth-order valence-electron chi connectivity index (χ4n) is 12.6. The molecule has 3 fully saturated rings. The molecule has 3 aliphatic heterocycles. The Morgan fingerprint density at radius 1 is 0.366 bits per heavy atom. The van der Waals surface area contributed by atoms with Gasteiger partial charge in [-0.25, -0.2) is 0 Å². The Hall–Kier alpha value is -7.02. The van der Waals surface area contributed by atoms with Gasteiger partial charge in [-0.1, -0.05) is 133 Å². The first-order valence-electron chi connectivity index (χ1n) is 34.9. The van der Waals surface area contributed by atoms with Crippen molar-refractivity contribution >= 4 is 59.1 Å². The van der Waals surface area contributed by atoms with Crippen molar-refractivity contribution in [2.75, 3.05) is 39.3 Å². The topological polar surface area (TPSA) is 377 Å². The van der Waals surface area contributed by atoms with Gasteiger partial charge in [0.1, 0.15) is 60.4 Å². The molecule has 10 amide bonds. The molecule has 10 atom stereocenters. The molecule has 0 radical (unpaired) electrons. The normalized spacial score (nSPS) is 24.6. The van der Waals surface area contributed by atoms with Crippen LogP contribution in [0, 0.1) is 5.92 Å². The Labute approximate surface area is 551 Å². The first-order valence-corrected chi connectivity index (χ1v) is 34.9. The first kappa shape index (κ1) is 76.7. The van der Waals surface area contributed by atoms with Crippen molar-refractivity contribution in [3.8, 4) is 0 Å². The van der Waals surface area contributed by atoms with Crippen LogP contribution in [0.2, 0.25) is 0 Å². The minimum absolute atomic E-state index is 0.0185. The summed E-state index contributed by atoms with van der Waals surface area (Å²) in [4.78, 5) is 151. The third-order valence-corrected chi connectivity index (χ3v) is 18.0. The number of benzene rings is 2. The summed E-state index contributed by atoms with van der Waals surface area (Å²) in [5.41, 5.74) is 25.1. The van der Waals surface area contributed by atoms with Crippen LogP contribution >= 0.6 is 0 Å². The molecule has 5 rings (SSSR count). The van der Waals surface area contributed by atoms with Gasteiger partial charge >= 0.3 is 0 Å². The highest BCUT2D eigenvalue weighted by molar-refractivity contribution is 6.00. The van der Waals surface area contributed by atoms with Gasteiger partial charge in [0.25, 0.3) is 0 Å². The summed E-state index contributed by atoms with van der Waals surface area (Å²) < 4.78 is 0. The van der Waals surface area contributed by atoms with Crippen LogP contribution < -0.4 is 65.5 Å². The van der Waals surface area contributed by atoms with Gasteiger partial charge < -0.3 is 75.3 Å². The standard InChI is InChI=1S/C69H112N14O10/c1-4-5-6-7-8-9-10-17-32-50-60(84)75-51(33-18-22-39-70)62(86)79-55(45-48-28-13-11-14-29-48)68(92)83-44-27-38-58(83)66(90)77-54(36-21-25-42-73)64(88)81-59(47(2)3)67(91)78-53(35-20-24-41-72)63(87)80-56(46-49-30-15-12-16-31-49)69(93)82-43-26-37-57(82)65(89)76-52(61(85)74-50)34-19-23-40-71/h11-16,28-31,47,50-59H,4-10,17-27,32-46,70-73H2,1-3H3,(H,74,85)(H,75,84)(H,76,89)(H,77,90)(H,78,91)(H,79,86)(H,80,87)(H,81,88)/t50-,51-,52-,53-,54-,55-,56-,57-,58-,59-/m0/s1. The second kappa shape index (κ2) is 42.3. The average Bonchev–Trinajstić information content (AvgIpc) is 1.79. The molecule has 0 bridgehead atoms. The van der Waals surface area contributed by atoms with E-state index >= 15 is 9.59 Å². The van der Waals surface area contributed by atoms with E-state index in [1.807, 2.05) is 48.5 Å². The van der Waals surface area contributed by atoms with E-state index in [1.165, 1.54) is 9.80 Å². The van der Waals surface area contributed by atoms with Gasteiger partial charge in [0.05, 0.1) is 0 Å². The Morgan fingerprint density at radius 2 is 0.656 bits per heavy atom. The zero-order chi connectivity index (χ0) is 67.5. The molecule has 3 saturated heterocycles. The molecule has 0 saturated carbocycles. The number of hydrogen-bond donors (Lipinski definition) is 12. The van der Waals surface area contributed by atoms with Crippen molar-refractivity contribution in [2.24, 2.45) is 28.9 Å². The minimum Gasteiger partial charge on any atom is -0.343 e. The summed E-state index contributed by atoms with van der Waals surface area (Å²) in [5, 5.41) is 23.4. The van der Waals surface area contributed by atoms with E-state index in [-0.39, 0.29) is 70.9 Å². The third kappa shape index (κ3) is 25.7. The number of nitrogens with one attached hydrogen (secondary N) is 8. The van der Waals surface area contributed by atoms with Crippen LogP contribution in [0.25, 0.3) is 0 Å². The molecule has 2 aromatic carbocycles. The SMILES string of the molecule is CCCCCCCCCC[C@@H]1NC(=O)[C@H](CCCCN)NC(=O)[C@@H]2CCCN2C(=O)[C@H](Cc2ccccc2)NC(=O)[C@H](CCCCN)NC(=O)[C@H](C(C)C)NC(=O)[C@H](CCCCN)NC(=O)[C@@H]2CCCN2C(=O)[C@H](Cc2ccccc2)NC(=O)[C@H](CCCCN)NC1=O. The molecule has 0 spiro atoms. The molecule has 2 aromatic rings. The Bertz CT molecular complexity index is 2650. The van der Waals surface area contributed by atoms with Crippen molar-refractivity contribution in [1.82, 2.24) is 52.3 Å². The summed E-state index contributed by atoms with van der Waals surface area (Å²) in [6, 6.07) is 6.35. The summed E-state index contributed by atoms with van der Waals surface area (Å²) >= 11 is 0. The molecule has 16 N–H and O–H groups in total. The fraction of sp³-hybridized carbons (Fsp3) is 0.681. The van der Waals surface area contributed by atoms with Crippen molar-refractivity contribution in [3.05, 3.63) is 71.8 Å². The van der Waals surface area contributed by atoms with E-state index in [2.05, 4.69) is 49.5 Å². The Kier molecular flexibility index (Phi) is 34.9. The number of hydrogen-bond acceptors (Lipinski definition) is 14. The number of amides is 10. The largest absolute Gasteiger partial charge is 0.343 e. The third-order valence-electron chi connectivity index (χ3n) is 18.0. The van der Waals surface area contributed by atoms with Crippen molar-refractivity contribution in [2.45, 2.75) is 255 Å². The van der Waals surface area contributed by atoms with Crippen molar-refractivity contribution in [1.29, 1.82) is 0 Å². The fourth-order valence-corrected chi connectivity index (χ4v) is 12.6. The van der Waals surface area contributed by atoms with E-state index < -0.39 is 125 Å². The van der Waals surface area contributed by atoms with E-state index in [9.17, 15) is 38.4 Å². The van der Waals surface area contributed by atoms with Gasteiger partial charge in [0, 0.05) is 25.9 Å². The highest BCUT2D eigenvalue weighted by atomic mass is 16.2. The van der Waals surface area contributed by atoms with Crippen LogP contribution in [0.1, 0.15) is 192 Å². The van der Waals surface area contributed by atoms with Crippen LogP contribution in [-0.2, 0) is 60.8 Å². The molecule has 93 heavy (non-hydrogen) atoms. The molecule has 518 valence electrons. The number of unbranched alkanes of at least 4 members (excludes halogenated alkanes) is 11. The minimum atomic E-state index is -1.23. The predicted molar refractivity (Wildman–Crippen MR) is 359 cm³/mol. The zero-order valence-electron chi connectivity index (χ0n) is 55.7. The summed E-state index contributed by atoms with van der Waals surface area (Å²) in [7, 11) is 0. The van der Waals surface area contributed by atoms with Gasteiger partial charge in [-0.3, -0.25) is 47.9 Å². The number of carbonyl (C=O) groups excluding carboxylic acids is 10. The number of carbonyl (C=O) groups is 10. The maximum absolute atomic E-state index is 15.2. The van der Waals surface area contributed by atoms with E-state index in [0.29, 0.717) is 108 Å². The van der Waals surface area contributed by atoms with Gasteiger partial charge in [-0.2, -0.15) is 0 Å². The van der Waals surface area contributed by atoms with Crippen LogP contribution in [0.15, 0.2) is 60.7 Å². The first-order chi connectivity index (χ1) is 44.9. The van der Waals surface area contributed by atoms with E-state index in [4.69, 9.17) is 22.9 Å². The van der Waals surface area contributed by atoms with Crippen LogP contribution in [0.3, 0.4) is 0 Å². The van der Waals surface area contributed by atoms with Crippen LogP contribution in [-0.4, -0.2) is 169 Å². The van der Waals surface area contributed by atoms with Crippen LogP contribution in [0.5, 0.6) is 0 Å². The van der Waals surface area contributed by atoms with E-state index in [0.717, 1.165) is 44.9 Å². The lowest BCUT2D eigenvalue weighted by atomic mass is 9.99. The predicted octanol–water partition coefficient (Wildman–Crippen LogP) is 3.05. The molecular weight excluding hydrogens is 1180 g/mol. The number of fused-ring (bicyclic) bond motifs is 2. The van der Waals surface area contributed by atoms with E-state index in [1.54, 1.807) is 26.0 Å². The highest BCUT2D eigenvalue weighted by Gasteiger charge is 2.43. The highest BCUT2D eigenvalue weighted by Crippen LogP contribution is 2.24. The second-order valence-corrected chi connectivity index (χ2v) is 25.8. The van der Waals surface area contributed by atoms with Crippen molar-refractivity contribution < 1.29 is 47.9 Å². The quantitative estimate of drug-likeness (QED) is 0.0501. The Balaban J connectivity index is 1.61. The summed E-state index contributed by atoms with van der Waals surface area (Å²) in [6.45, 7) is 7.16. The number of nitrogens with zero attached hydrogens (tertiary/aromatic N) is 2. The maximum atomic E-state index is 15.2. The maximum Gasteiger partial charge on any atom is 0.246 e. The molecular formula is C69H112N14O10. The lowest BCUT2D eigenvalue weighted by Crippen LogP contribution is -2.62. The summed E-state index contributed by atoms with van der Waals surface area (Å²) in [6.07, 6.45) is 13.5. The molecule has 0 unspecified atom stereocenters. The molecule has 0 aromatic heterocycles. The van der Waals surface area contributed by atoms with Crippen molar-refractivity contribution in [3.63, 3.8) is 0 Å². The molecule has 3 aliphatic rings. The lowest BCUT2D eigenvalue weighted by molar-refractivity contribution is -0.143. The number of nitrogens with two attached hydrogens (primary N) is 4. The lowest BCUT2D eigenvalue weighted by Gasteiger charge is -2.32. The molecule has 24 heteroatoms. The summed E-state index contributed by atoms with van der Waals surface area (Å²) in [5.74, 6) is -6.86. The Morgan fingerprint density at radius 3 is 0.989 bits per heavy atom. The van der Waals surface area contributed by atoms with Crippen LogP contribution in [0.4, 0.5) is 0 Å². The molecule has 0 aliphatic carbocycles. The van der Waals surface area contributed by atoms with Gasteiger partial charge in [0.2, 0.25) is 59.1 Å². The molecule has 3 heterocycles. The average molecular weight is 1300 g/mol. The second-order valence-electron chi connectivity index (χ2n) is 25.8. The van der Waals surface area contributed by atoms with Gasteiger partial charge in [-0.15, -0.1) is 0 Å². The van der Waals surface area contributed by atoms with Gasteiger partial charge in [-0.05, 0) is 152 Å².